The fourth-order valence-corrected chi connectivity index (χ4v) is 4.52. The topological polar surface area (TPSA) is 76.0 Å². The van der Waals surface area contributed by atoms with E-state index in [0.717, 1.165) is 22.6 Å². The van der Waals surface area contributed by atoms with Gasteiger partial charge in [-0.25, -0.2) is 9.07 Å². The van der Waals surface area contributed by atoms with Gasteiger partial charge in [-0.3, -0.25) is 9.59 Å². The first kappa shape index (κ1) is 24.2. The SMILES string of the molecule is Cc1nn(-c2ccccc2)c(C)c1CNC(=O)c1ccccc1SCC(=O)Nc1ccc(F)cc1. The van der Waals surface area contributed by atoms with Gasteiger partial charge in [0.25, 0.3) is 5.91 Å². The number of hydrogen-bond donors (Lipinski definition) is 2. The third kappa shape index (κ3) is 5.96. The largest absolute Gasteiger partial charge is 0.348 e. The predicted octanol–water partition coefficient (Wildman–Crippen LogP) is 5.29. The molecule has 0 spiro atoms. The highest BCUT2D eigenvalue weighted by Gasteiger charge is 2.16. The van der Waals surface area contributed by atoms with Gasteiger partial charge in [-0.1, -0.05) is 30.3 Å². The summed E-state index contributed by atoms with van der Waals surface area (Å²) in [6.45, 7) is 4.25. The molecule has 0 aliphatic rings. The van der Waals surface area contributed by atoms with E-state index >= 15 is 0 Å². The molecule has 3 aromatic carbocycles. The zero-order valence-corrected chi connectivity index (χ0v) is 20.2. The minimum atomic E-state index is -0.366. The molecule has 0 aliphatic carbocycles. The smallest absolute Gasteiger partial charge is 0.252 e. The number of hydrogen-bond acceptors (Lipinski definition) is 4. The van der Waals surface area contributed by atoms with Crippen LogP contribution in [0.25, 0.3) is 5.69 Å². The second kappa shape index (κ2) is 11.0. The molecule has 1 aromatic heterocycles. The van der Waals surface area contributed by atoms with Gasteiger partial charge in [0.05, 0.1) is 22.7 Å². The molecule has 4 aromatic rings. The summed E-state index contributed by atoms with van der Waals surface area (Å²) in [6, 6.07) is 22.6. The third-order valence-electron chi connectivity index (χ3n) is 5.49. The van der Waals surface area contributed by atoms with Crippen LogP contribution in [0.5, 0.6) is 0 Å². The van der Waals surface area contributed by atoms with Crippen molar-refractivity contribution in [2.24, 2.45) is 0 Å². The fraction of sp³-hybridized carbons (Fsp3) is 0.148. The molecule has 178 valence electrons. The van der Waals surface area contributed by atoms with Crippen LogP contribution in [0.3, 0.4) is 0 Å². The van der Waals surface area contributed by atoms with Crippen LogP contribution in [0.2, 0.25) is 0 Å². The van der Waals surface area contributed by atoms with Crippen molar-refractivity contribution in [1.82, 2.24) is 15.1 Å². The molecule has 0 atom stereocenters. The molecule has 0 saturated carbocycles. The van der Waals surface area contributed by atoms with Gasteiger partial charge in [0.15, 0.2) is 0 Å². The average Bonchev–Trinajstić information content (AvgIpc) is 3.16. The number of aromatic nitrogens is 2. The van der Waals surface area contributed by atoms with Gasteiger partial charge in [-0.15, -0.1) is 11.8 Å². The van der Waals surface area contributed by atoms with E-state index in [1.807, 2.05) is 61.0 Å². The Hall–Kier alpha value is -3.91. The molecule has 0 fully saturated rings. The van der Waals surface area contributed by atoms with Crippen molar-refractivity contribution in [3.05, 3.63) is 107 Å². The number of nitrogens with zero attached hydrogens (tertiary/aromatic N) is 2. The number of halogens is 1. The number of aryl methyl sites for hydroxylation is 1. The van der Waals surface area contributed by atoms with Crippen molar-refractivity contribution in [3.8, 4) is 5.69 Å². The van der Waals surface area contributed by atoms with E-state index < -0.39 is 0 Å². The van der Waals surface area contributed by atoms with E-state index in [1.165, 1.54) is 36.0 Å². The highest BCUT2D eigenvalue weighted by atomic mass is 32.2. The lowest BCUT2D eigenvalue weighted by atomic mass is 10.1. The molecule has 4 rings (SSSR count). The minimum Gasteiger partial charge on any atom is -0.348 e. The number of rotatable bonds is 8. The molecule has 1 heterocycles. The summed E-state index contributed by atoms with van der Waals surface area (Å²) in [4.78, 5) is 26.0. The Kier molecular flexibility index (Phi) is 7.62. The second-order valence-corrected chi connectivity index (χ2v) is 8.94. The van der Waals surface area contributed by atoms with E-state index in [2.05, 4.69) is 15.7 Å². The van der Waals surface area contributed by atoms with Crippen LogP contribution in [0.15, 0.2) is 83.8 Å². The van der Waals surface area contributed by atoms with E-state index in [-0.39, 0.29) is 23.4 Å². The Morgan fingerprint density at radius 2 is 1.63 bits per heavy atom. The van der Waals surface area contributed by atoms with Gasteiger partial charge >= 0.3 is 0 Å². The van der Waals surface area contributed by atoms with Crippen LogP contribution in [0, 0.1) is 19.7 Å². The zero-order valence-electron chi connectivity index (χ0n) is 19.4. The molecule has 2 N–H and O–H groups in total. The van der Waals surface area contributed by atoms with Crippen LogP contribution < -0.4 is 10.6 Å². The summed E-state index contributed by atoms with van der Waals surface area (Å²) in [5.74, 6) is -0.714. The third-order valence-corrected chi connectivity index (χ3v) is 6.56. The molecule has 6 nitrogen and oxygen atoms in total. The molecular formula is C27H25FN4O2S. The first-order valence-electron chi connectivity index (χ1n) is 11.1. The standard InChI is InChI=1S/C27H25FN4O2S/c1-18-24(19(2)32(31-18)22-8-4-3-5-9-22)16-29-27(34)23-10-6-7-11-25(23)35-17-26(33)30-21-14-12-20(28)13-15-21/h3-15H,16-17H2,1-2H3,(H,29,34)(H,30,33). The van der Waals surface area contributed by atoms with Gasteiger partial charge in [-0.05, 0) is 62.4 Å². The van der Waals surface area contributed by atoms with Crippen LogP contribution in [0.1, 0.15) is 27.3 Å². The first-order valence-corrected chi connectivity index (χ1v) is 12.1. The van der Waals surface area contributed by atoms with Gasteiger partial charge in [0, 0.05) is 28.4 Å². The Morgan fingerprint density at radius 1 is 0.943 bits per heavy atom. The Bertz CT molecular complexity index is 1340. The number of thioether (sulfide) groups is 1. The molecule has 0 saturated heterocycles. The minimum absolute atomic E-state index is 0.115. The van der Waals surface area contributed by atoms with Gasteiger partial charge in [-0.2, -0.15) is 5.10 Å². The molecule has 0 aliphatic heterocycles. The Labute approximate surface area is 207 Å². The molecule has 8 heteroatoms. The number of anilines is 1. The summed E-state index contributed by atoms with van der Waals surface area (Å²) in [6.07, 6.45) is 0. The Morgan fingerprint density at radius 3 is 2.37 bits per heavy atom. The zero-order chi connectivity index (χ0) is 24.8. The summed E-state index contributed by atoms with van der Waals surface area (Å²) in [7, 11) is 0. The predicted molar refractivity (Wildman–Crippen MR) is 136 cm³/mol. The van der Waals surface area contributed by atoms with Crippen molar-refractivity contribution in [3.63, 3.8) is 0 Å². The number of para-hydroxylation sites is 1. The maximum absolute atomic E-state index is 13.0. The molecular weight excluding hydrogens is 463 g/mol. The highest BCUT2D eigenvalue weighted by molar-refractivity contribution is 8.00. The van der Waals surface area contributed by atoms with E-state index in [1.54, 1.807) is 12.1 Å². The second-order valence-electron chi connectivity index (χ2n) is 7.92. The lowest BCUT2D eigenvalue weighted by Gasteiger charge is -2.11. The fourth-order valence-electron chi connectivity index (χ4n) is 3.67. The van der Waals surface area contributed by atoms with Gasteiger partial charge in [0.2, 0.25) is 5.91 Å². The molecule has 35 heavy (non-hydrogen) atoms. The normalized spacial score (nSPS) is 10.7. The number of benzene rings is 3. The Balaban J connectivity index is 1.40. The van der Waals surface area contributed by atoms with Crippen LogP contribution >= 0.6 is 11.8 Å². The van der Waals surface area contributed by atoms with Crippen molar-refractivity contribution in [1.29, 1.82) is 0 Å². The van der Waals surface area contributed by atoms with Crippen molar-refractivity contribution < 1.29 is 14.0 Å². The van der Waals surface area contributed by atoms with Crippen LogP contribution in [-0.4, -0.2) is 27.3 Å². The average molecular weight is 489 g/mol. The first-order chi connectivity index (χ1) is 16.9. The lowest BCUT2D eigenvalue weighted by molar-refractivity contribution is -0.113. The number of nitrogens with one attached hydrogen (secondary N) is 2. The van der Waals surface area contributed by atoms with Gasteiger partial charge in [0.1, 0.15) is 5.82 Å². The van der Waals surface area contributed by atoms with Crippen molar-refractivity contribution >= 4 is 29.3 Å². The summed E-state index contributed by atoms with van der Waals surface area (Å²) in [5.41, 5.74) is 4.76. The summed E-state index contributed by atoms with van der Waals surface area (Å²) < 4.78 is 14.9. The van der Waals surface area contributed by atoms with Crippen LogP contribution in [0.4, 0.5) is 10.1 Å². The number of carbonyl (C=O) groups excluding carboxylic acids is 2. The maximum Gasteiger partial charge on any atom is 0.252 e. The van der Waals surface area contributed by atoms with E-state index in [4.69, 9.17) is 0 Å². The molecule has 0 radical (unpaired) electrons. The molecule has 0 unspecified atom stereocenters. The van der Waals surface area contributed by atoms with Crippen molar-refractivity contribution in [2.75, 3.05) is 11.1 Å². The van der Waals surface area contributed by atoms with Crippen LogP contribution in [-0.2, 0) is 11.3 Å². The number of amides is 2. The van der Waals surface area contributed by atoms with E-state index in [9.17, 15) is 14.0 Å². The van der Waals surface area contributed by atoms with Crippen molar-refractivity contribution in [2.45, 2.75) is 25.3 Å². The lowest BCUT2D eigenvalue weighted by Crippen LogP contribution is -2.24. The quantitative estimate of drug-likeness (QED) is 0.331. The summed E-state index contributed by atoms with van der Waals surface area (Å²) >= 11 is 1.27. The van der Waals surface area contributed by atoms with E-state index in [0.29, 0.717) is 22.7 Å². The molecule has 0 bridgehead atoms. The number of carbonyl (C=O) groups is 2. The highest BCUT2D eigenvalue weighted by Crippen LogP contribution is 2.24. The maximum atomic E-state index is 13.0. The van der Waals surface area contributed by atoms with Gasteiger partial charge < -0.3 is 10.6 Å². The molecule has 2 amide bonds. The summed E-state index contributed by atoms with van der Waals surface area (Å²) in [5, 5.41) is 10.4. The monoisotopic (exact) mass is 488 g/mol.